The maximum absolute atomic E-state index is 13.4. The molecule has 0 fully saturated rings. The molecular weight excluding hydrogens is 295 g/mol. The molecule has 1 heterocycles. The van der Waals surface area contributed by atoms with Crippen molar-refractivity contribution < 1.29 is 18.8 Å². The van der Waals surface area contributed by atoms with Crippen LogP contribution in [-0.2, 0) is 4.74 Å². The molecule has 2 N–H and O–H groups in total. The average Bonchev–Trinajstić information content (AvgIpc) is 2.83. The van der Waals surface area contributed by atoms with Gasteiger partial charge in [-0.15, -0.1) is 0 Å². The minimum atomic E-state index is -1.02. The van der Waals surface area contributed by atoms with Crippen LogP contribution in [0.4, 0.5) is 15.8 Å². The number of hydrogen-bond donors (Lipinski definition) is 1. The molecule has 0 saturated heterocycles. The van der Waals surface area contributed by atoms with Gasteiger partial charge in [-0.1, -0.05) is 0 Å². The molecule has 2 rings (SSSR count). The number of nitriles is 1. The molecular formula is C13H9FN4O4. The number of nitrogen functional groups attached to an aromatic ring is 1. The Kier molecular flexibility index (Phi) is 3.77. The molecule has 0 unspecified atom stereocenters. The van der Waals surface area contributed by atoms with Crippen LogP contribution in [0.2, 0.25) is 0 Å². The van der Waals surface area contributed by atoms with E-state index in [2.05, 4.69) is 4.74 Å². The number of esters is 1. The van der Waals surface area contributed by atoms with Crippen molar-refractivity contribution in [3.8, 4) is 11.8 Å². The molecule has 0 saturated carbocycles. The Hall–Kier alpha value is -3.41. The molecule has 0 amide bonds. The second-order valence-corrected chi connectivity index (χ2v) is 4.17. The Morgan fingerprint density at radius 3 is 2.77 bits per heavy atom. The van der Waals surface area contributed by atoms with Crippen LogP contribution in [-0.4, -0.2) is 22.6 Å². The predicted molar refractivity (Wildman–Crippen MR) is 72.8 cm³/mol. The van der Waals surface area contributed by atoms with E-state index in [1.54, 1.807) is 6.07 Å². The number of nitro benzene ring substituents is 1. The molecule has 112 valence electrons. The van der Waals surface area contributed by atoms with E-state index in [0.29, 0.717) is 0 Å². The summed E-state index contributed by atoms with van der Waals surface area (Å²) in [4.78, 5) is 21.7. The summed E-state index contributed by atoms with van der Waals surface area (Å²) >= 11 is 0. The number of carbonyl (C=O) groups excluding carboxylic acids is 1. The fourth-order valence-corrected chi connectivity index (χ4v) is 1.91. The van der Waals surface area contributed by atoms with Crippen molar-refractivity contribution >= 4 is 17.3 Å². The second kappa shape index (κ2) is 5.53. The molecule has 8 nitrogen and oxygen atoms in total. The van der Waals surface area contributed by atoms with Crippen molar-refractivity contribution in [1.29, 1.82) is 5.26 Å². The first-order valence-electron chi connectivity index (χ1n) is 5.84. The number of nitrogens with two attached hydrogens (primary N) is 1. The number of ether oxygens (including phenoxy) is 1. The molecule has 0 aliphatic rings. The predicted octanol–water partition coefficient (Wildman–Crippen LogP) is 1.77. The highest BCUT2D eigenvalue weighted by Crippen LogP contribution is 2.27. The van der Waals surface area contributed by atoms with E-state index in [-0.39, 0.29) is 22.6 Å². The van der Waals surface area contributed by atoms with E-state index < -0.39 is 22.4 Å². The third kappa shape index (κ3) is 2.33. The SMILES string of the molecule is COC(=O)c1c(N)c(C#N)cn1-c1ccc(F)c([N+](=O)[O-])c1. The van der Waals surface area contributed by atoms with Gasteiger partial charge in [0.25, 0.3) is 0 Å². The van der Waals surface area contributed by atoms with Crippen LogP contribution in [0.25, 0.3) is 5.69 Å². The Labute approximate surface area is 123 Å². The molecule has 0 radical (unpaired) electrons. The minimum Gasteiger partial charge on any atom is -0.464 e. The number of hydrogen-bond acceptors (Lipinski definition) is 6. The molecule has 1 aromatic carbocycles. The highest BCUT2D eigenvalue weighted by Gasteiger charge is 2.23. The summed E-state index contributed by atoms with van der Waals surface area (Å²) in [6, 6.07) is 4.83. The number of aromatic nitrogens is 1. The van der Waals surface area contributed by atoms with Gasteiger partial charge in [0.15, 0.2) is 5.69 Å². The largest absolute Gasteiger partial charge is 0.464 e. The summed E-state index contributed by atoms with van der Waals surface area (Å²) in [5, 5.41) is 19.8. The van der Waals surface area contributed by atoms with Gasteiger partial charge in [0, 0.05) is 12.3 Å². The maximum atomic E-state index is 13.4. The minimum absolute atomic E-state index is 0.00706. The van der Waals surface area contributed by atoms with E-state index in [1.807, 2.05) is 0 Å². The van der Waals surface area contributed by atoms with Gasteiger partial charge in [-0.3, -0.25) is 10.1 Å². The van der Waals surface area contributed by atoms with Crippen LogP contribution in [0.15, 0.2) is 24.4 Å². The van der Waals surface area contributed by atoms with Crippen LogP contribution in [0.3, 0.4) is 0 Å². The van der Waals surface area contributed by atoms with Crippen LogP contribution in [0.1, 0.15) is 16.1 Å². The van der Waals surface area contributed by atoms with E-state index >= 15 is 0 Å². The van der Waals surface area contributed by atoms with Crippen molar-refractivity contribution in [3.63, 3.8) is 0 Å². The third-order valence-electron chi connectivity index (χ3n) is 2.95. The molecule has 0 atom stereocenters. The number of carbonyl (C=O) groups is 1. The number of anilines is 1. The van der Waals surface area contributed by atoms with Crippen molar-refractivity contribution in [2.24, 2.45) is 0 Å². The Morgan fingerprint density at radius 2 is 2.23 bits per heavy atom. The zero-order valence-corrected chi connectivity index (χ0v) is 11.2. The lowest BCUT2D eigenvalue weighted by Gasteiger charge is -2.08. The van der Waals surface area contributed by atoms with Crippen LogP contribution >= 0.6 is 0 Å². The lowest BCUT2D eigenvalue weighted by atomic mass is 10.2. The summed E-state index contributed by atoms with van der Waals surface area (Å²) in [5.74, 6) is -1.85. The summed E-state index contributed by atoms with van der Waals surface area (Å²) in [6.45, 7) is 0. The molecule has 22 heavy (non-hydrogen) atoms. The van der Waals surface area contributed by atoms with Crippen molar-refractivity contribution in [1.82, 2.24) is 4.57 Å². The molecule has 2 aromatic rings. The fourth-order valence-electron chi connectivity index (χ4n) is 1.91. The molecule has 0 spiro atoms. The van der Waals surface area contributed by atoms with Gasteiger partial charge < -0.3 is 15.0 Å². The number of halogens is 1. The van der Waals surface area contributed by atoms with Crippen molar-refractivity contribution in [3.05, 3.63) is 51.6 Å². The van der Waals surface area contributed by atoms with E-state index in [1.165, 1.54) is 12.3 Å². The summed E-state index contributed by atoms with van der Waals surface area (Å²) in [7, 11) is 1.12. The third-order valence-corrected chi connectivity index (χ3v) is 2.95. The maximum Gasteiger partial charge on any atom is 0.357 e. The van der Waals surface area contributed by atoms with Gasteiger partial charge in [-0.2, -0.15) is 9.65 Å². The Bertz CT molecular complexity index is 822. The number of rotatable bonds is 3. The van der Waals surface area contributed by atoms with Gasteiger partial charge in [0.1, 0.15) is 6.07 Å². The van der Waals surface area contributed by atoms with Gasteiger partial charge in [-0.25, -0.2) is 4.79 Å². The normalized spacial score (nSPS) is 10.0. The highest BCUT2D eigenvalue weighted by molar-refractivity contribution is 5.96. The average molecular weight is 304 g/mol. The van der Waals surface area contributed by atoms with Crippen LogP contribution < -0.4 is 5.73 Å². The molecule has 0 aliphatic heterocycles. The molecule has 9 heteroatoms. The van der Waals surface area contributed by atoms with Gasteiger partial charge >= 0.3 is 11.7 Å². The van der Waals surface area contributed by atoms with E-state index in [9.17, 15) is 19.3 Å². The molecule has 1 aromatic heterocycles. The Morgan fingerprint density at radius 1 is 1.55 bits per heavy atom. The quantitative estimate of drug-likeness (QED) is 0.523. The zero-order valence-electron chi connectivity index (χ0n) is 11.2. The summed E-state index contributed by atoms with van der Waals surface area (Å²) in [6.07, 6.45) is 1.22. The molecule has 0 aliphatic carbocycles. The number of benzene rings is 1. The Balaban J connectivity index is 2.73. The first-order chi connectivity index (χ1) is 10.4. The first-order valence-corrected chi connectivity index (χ1v) is 5.84. The topological polar surface area (TPSA) is 124 Å². The lowest BCUT2D eigenvalue weighted by Crippen LogP contribution is -2.11. The van der Waals surface area contributed by atoms with Gasteiger partial charge in [-0.05, 0) is 12.1 Å². The lowest BCUT2D eigenvalue weighted by molar-refractivity contribution is -0.387. The first kappa shape index (κ1) is 15.0. The summed E-state index contributed by atoms with van der Waals surface area (Å²) in [5.41, 5.74) is 4.74. The second-order valence-electron chi connectivity index (χ2n) is 4.17. The van der Waals surface area contributed by atoms with Gasteiger partial charge in [0.05, 0.1) is 29.0 Å². The van der Waals surface area contributed by atoms with Crippen molar-refractivity contribution in [2.75, 3.05) is 12.8 Å². The number of nitrogens with zero attached hydrogens (tertiary/aromatic N) is 3. The van der Waals surface area contributed by atoms with Crippen LogP contribution in [0.5, 0.6) is 0 Å². The fraction of sp³-hybridized carbons (Fsp3) is 0.0769. The van der Waals surface area contributed by atoms with Crippen LogP contribution in [0, 0.1) is 27.3 Å². The number of methoxy groups -OCH3 is 1. The van der Waals surface area contributed by atoms with E-state index in [0.717, 1.165) is 23.8 Å². The number of nitro groups is 1. The van der Waals surface area contributed by atoms with Crippen molar-refractivity contribution in [2.45, 2.75) is 0 Å². The smallest absolute Gasteiger partial charge is 0.357 e. The van der Waals surface area contributed by atoms with Gasteiger partial charge in [0.2, 0.25) is 5.82 Å². The summed E-state index contributed by atoms with van der Waals surface area (Å²) < 4.78 is 19.1. The zero-order chi connectivity index (χ0) is 16.4. The highest BCUT2D eigenvalue weighted by atomic mass is 19.1. The monoisotopic (exact) mass is 304 g/mol. The van der Waals surface area contributed by atoms with E-state index in [4.69, 9.17) is 11.0 Å². The molecule has 0 bridgehead atoms. The standard InChI is InChI=1S/C13H9FN4O4/c1-22-13(19)12-11(16)7(5-15)6-17(12)8-2-3-9(14)10(4-8)18(20)21/h2-4,6H,16H2,1H3.